The highest BCUT2D eigenvalue weighted by molar-refractivity contribution is 7.91. The SMILES string of the molecule is C=C[C@@H]1C[C@]1(NC(=O)[C@@H]1C[C@@H](Oc2nc(OC)cc3cc(OC)ccc23)CN1C(=O)C(Nc1ccccc1)C(C)(C)C)C(=O)NS(=O)(=O)C1CC1. The van der Waals surface area contributed by atoms with Gasteiger partial charge in [-0.25, -0.2) is 8.42 Å². The van der Waals surface area contributed by atoms with Crippen LogP contribution in [0.2, 0.25) is 0 Å². The number of hydrogen-bond donors (Lipinski definition) is 3. The van der Waals surface area contributed by atoms with Gasteiger partial charge in [0.25, 0.3) is 5.91 Å². The first-order valence-corrected chi connectivity index (χ1v) is 18.6. The molecule has 0 spiro atoms. The molecular weight excluding hydrogens is 675 g/mol. The van der Waals surface area contributed by atoms with Gasteiger partial charge in [0.2, 0.25) is 33.6 Å². The molecule has 3 aliphatic rings. The molecule has 2 heterocycles. The fraction of sp³-hybridized carbons (Fsp3) is 0.459. The maximum absolute atomic E-state index is 14.6. The number of para-hydroxylation sites is 1. The van der Waals surface area contributed by atoms with Crippen LogP contribution < -0.4 is 29.6 Å². The Morgan fingerprint density at radius 2 is 1.78 bits per heavy atom. The highest BCUT2D eigenvalue weighted by Crippen LogP contribution is 2.46. The number of amides is 3. The van der Waals surface area contributed by atoms with E-state index in [1.807, 2.05) is 63.2 Å². The standard InChI is InChI=1S/C37H45N5O8S/c1-7-23-20-37(23,35(45)41-51(46,47)27-14-15-27)40-32(43)29-19-26(50-33-28-16-13-25(48-5)17-22(28)18-30(39-33)49-6)21-42(29)34(44)31(36(2,3)4)38-24-11-9-8-10-12-24/h7-13,16-18,23,26-27,29,31,38H,1,14-15,19-21H2,2-6H3,(H,40,43)(H,41,45)/t23-,26-,29+,31?,37-/m1/s1. The van der Waals surface area contributed by atoms with E-state index in [1.54, 1.807) is 19.2 Å². The number of aromatic nitrogens is 1. The summed E-state index contributed by atoms with van der Waals surface area (Å²) >= 11 is 0. The molecule has 2 saturated carbocycles. The van der Waals surface area contributed by atoms with Crippen LogP contribution in [0.4, 0.5) is 5.69 Å². The van der Waals surface area contributed by atoms with Gasteiger partial charge in [-0.1, -0.05) is 45.0 Å². The van der Waals surface area contributed by atoms with E-state index in [4.69, 9.17) is 14.2 Å². The van der Waals surface area contributed by atoms with Crippen molar-refractivity contribution in [2.45, 2.75) is 75.4 Å². The van der Waals surface area contributed by atoms with Crippen LogP contribution in [0.25, 0.3) is 10.8 Å². The Bertz CT molecular complexity index is 1940. The van der Waals surface area contributed by atoms with E-state index in [1.165, 1.54) is 18.1 Å². The topological polar surface area (TPSA) is 165 Å². The number of carbonyl (C=O) groups excluding carboxylic acids is 3. The Morgan fingerprint density at radius 1 is 1.06 bits per heavy atom. The van der Waals surface area contributed by atoms with Crippen molar-refractivity contribution in [2.75, 3.05) is 26.1 Å². The smallest absolute Gasteiger partial charge is 0.259 e. The van der Waals surface area contributed by atoms with Crippen LogP contribution >= 0.6 is 0 Å². The molecule has 6 rings (SSSR count). The number of anilines is 1. The second-order valence-electron chi connectivity index (χ2n) is 14.5. The third-order valence-electron chi connectivity index (χ3n) is 9.76. The number of ether oxygens (including phenoxy) is 3. The molecule has 1 aromatic heterocycles. The number of fused-ring (bicyclic) bond motifs is 1. The maximum atomic E-state index is 14.6. The Hall–Kier alpha value is -4.85. The summed E-state index contributed by atoms with van der Waals surface area (Å²) in [7, 11) is -0.803. The lowest BCUT2D eigenvalue weighted by molar-refractivity contribution is -0.141. The Morgan fingerprint density at radius 3 is 2.39 bits per heavy atom. The van der Waals surface area contributed by atoms with Gasteiger partial charge in [0.1, 0.15) is 29.5 Å². The number of benzene rings is 2. The predicted octanol–water partition coefficient (Wildman–Crippen LogP) is 3.80. The van der Waals surface area contributed by atoms with Crippen LogP contribution in [0.5, 0.6) is 17.5 Å². The van der Waals surface area contributed by atoms with Crippen LogP contribution in [-0.2, 0) is 24.4 Å². The van der Waals surface area contributed by atoms with E-state index >= 15 is 0 Å². The predicted molar refractivity (Wildman–Crippen MR) is 192 cm³/mol. The highest BCUT2D eigenvalue weighted by atomic mass is 32.2. The first-order valence-electron chi connectivity index (χ1n) is 17.0. The van der Waals surface area contributed by atoms with Crippen molar-refractivity contribution in [2.24, 2.45) is 11.3 Å². The summed E-state index contributed by atoms with van der Waals surface area (Å²) < 4.78 is 44.9. The summed E-state index contributed by atoms with van der Waals surface area (Å²) in [5.41, 5.74) is -1.36. The molecule has 13 nitrogen and oxygen atoms in total. The van der Waals surface area contributed by atoms with Crippen LogP contribution in [0, 0.1) is 11.3 Å². The molecule has 51 heavy (non-hydrogen) atoms. The minimum Gasteiger partial charge on any atom is -0.497 e. The number of hydrogen-bond acceptors (Lipinski definition) is 10. The van der Waals surface area contributed by atoms with Gasteiger partial charge in [-0.05, 0) is 60.4 Å². The number of pyridine rings is 1. The molecule has 0 bridgehead atoms. The van der Waals surface area contributed by atoms with Crippen LogP contribution in [0.3, 0.4) is 0 Å². The lowest BCUT2D eigenvalue weighted by atomic mass is 9.85. The van der Waals surface area contributed by atoms with Gasteiger partial charge in [0, 0.05) is 29.5 Å². The molecule has 272 valence electrons. The number of methoxy groups -OCH3 is 2. The molecule has 14 heteroatoms. The first-order chi connectivity index (χ1) is 24.2. The van der Waals surface area contributed by atoms with Crippen molar-refractivity contribution in [3.05, 3.63) is 67.3 Å². The van der Waals surface area contributed by atoms with Crippen LogP contribution in [0.15, 0.2) is 67.3 Å². The average molecular weight is 720 g/mol. The molecule has 5 atom stereocenters. The van der Waals surface area contributed by atoms with Gasteiger partial charge in [0.15, 0.2) is 0 Å². The van der Waals surface area contributed by atoms with Crippen molar-refractivity contribution >= 4 is 44.2 Å². The normalized spacial score (nSPS) is 23.5. The van der Waals surface area contributed by atoms with Crippen molar-refractivity contribution in [3.8, 4) is 17.5 Å². The van der Waals surface area contributed by atoms with Gasteiger partial charge in [-0.2, -0.15) is 4.98 Å². The summed E-state index contributed by atoms with van der Waals surface area (Å²) in [5.74, 6) is -1.03. The summed E-state index contributed by atoms with van der Waals surface area (Å²) in [6.45, 7) is 9.63. The van der Waals surface area contributed by atoms with Crippen LogP contribution in [-0.4, -0.2) is 85.8 Å². The van der Waals surface area contributed by atoms with E-state index in [0.29, 0.717) is 29.9 Å². The highest BCUT2D eigenvalue weighted by Gasteiger charge is 2.62. The van der Waals surface area contributed by atoms with Gasteiger partial charge in [0.05, 0.1) is 26.0 Å². The largest absolute Gasteiger partial charge is 0.497 e. The summed E-state index contributed by atoms with van der Waals surface area (Å²) in [6, 6.07) is 14.7. The average Bonchev–Trinajstić information content (AvgIpc) is 4.03. The minimum absolute atomic E-state index is 0.0383. The zero-order valence-corrected chi connectivity index (χ0v) is 30.3. The van der Waals surface area contributed by atoms with E-state index in [9.17, 15) is 22.8 Å². The fourth-order valence-corrected chi connectivity index (χ4v) is 7.93. The quantitative estimate of drug-likeness (QED) is 0.221. The van der Waals surface area contributed by atoms with Crippen molar-refractivity contribution in [1.82, 2.24) is 19.9 Å². The molecule has 3 fully saturated rings. The van der Waals surface area contributed by atoms with Crippen molar-refractivity contribution < 1.29 is 37.0 Å². The second-order valence-corrected chi connectivity index (χ2v) is 16.5. The van der Waals surface area contributed by atoms with Crippen molar-refractivity contribution in [1.29, 1.82) is 0 Å². The maximum Gasteiger partial charge on any atom is 0.259 e. The third kappa shape index (κ3) is 7.46. The number of sulfonamides is 1. The molecule has 1 unspecified atom stereocenters. The number of carbonyl (C=O) groups is 3. The summed E-state index contributed by atoms with van der Waals surface area (Å²) in [4.78, 5) is 48.4. The Kier molecular flexibility index (Phi) is 9.66. The molecular formula is C37H45N5O8S. The lowest BCUT2D eigenvalue weighted by Gasteiger charge is -2.36. The van der Waals surface area contributed by atoms with Gasteiger partial charge >= 0.3 is 0 Å². The zero-order chi connectivity index (χ0) is 36.7. The van der Waals surface area contributed by atoms with E-state index in [0.717, 1.165) is 11.1 Å². The fourth-order valence-electron chi connectivity index (χ4n) is 6.57. The number of rotatable bonds is 13. The van der Waals surface area contributed by atoms with Gasteiger partial charge in [-0.3, -0.25) is 19.1 Å². The van der Waals surface area contributed by atoms with E-state index in [2.05, 4.69) is 26.9 Å². The first kappa shape index (κ1) is 36.0. The summed E-state index contributed by atoms with van der Waals surface area (Å²) in [5, 5.41) is 7.02. The number of likely N-dealkylation sites (tertiary alicyclic amines) is 1. The Balaban J connectivity index is 1.32. The van der Waals surface area contributed by atoms with E-state index in [-0.39, 0.29) is 31.2 Å². The number of nitrogens with zero attached hydrogens (tertiary/aromatic N) is 2. The molecule has 0 radical (unpaired) electrons. The second kappa shape index (κ2) is 13.7. The number of nitrogens with one attached hydrogen (secondary N) is 3. The molecule has 3 N–H and O–H groups in total. The monoisotopic (exact) mass is 719 g/mol. The molecule has 1 saturated heterocycles. The van der Waals surface area contributed by atoms with Crippen molar-refractivity contribution in [3.63, 3.8) is 0 Å². The third-order valence-corrected chi connectivity index (χ3v) is 11.6. The molecule has 3 amide bonds. The summed E-state index contributed by atoms with van der Waals surface area (Å²) in [6.07, 6.45) is 2.06. The molecule has 3 aromatic rings. The molecule has 2 aliphatic carbocycles. The molecule has 2 aromatic carbocycles. The Labute approximate surface area is 298 Å². The van der Waals surface area contributed by atoms with Crippen LogP contribution in [0.1, 0.15) is 46.5 Å². The van der Waals surface area contributed by atoms with E-state index < -0.39 is 62.1 Å². The van der Waals surface area contributed by atoms with Gasteiger partial charge in [-0.15, -0.1) is 6.58 Å². The minimum atomic E-state index is -3.87. The lowest BCUT2D eigenvalue weighted by Crippen LogP contribution is -2.58. The zero-order valence-electron chi connectivity index (χ0n) is 29.5. The molecule has 1 aliphatic heterocycles. The van der Waals surface area contributed by atoms with Gasteiger partial charge < -0.3 is 29.7 Å².